The SMILES string of the molecule is CCN(CC)c1ccc(C=Nc2sc3c(c2C(=O)NCc2ccccc2)CCCC3)cc1. The molecule has 4 nitrogen and oxygen atoms in total. The number of carbonyl (C=O) groups excluding carboxylic acids is 1. The Morgan fingerprint density at radius 2 is 1.75 bits per heavy atom. The first-order valence-corrected chi connectivity index (χ1v) is 12.4. The maximum absolute atomic E-state index is 13.2. The van der Waals surface area contributed by atoms with Crippen molar-refractivity contribution in [3.8, 4) is 0 Å². The molecule has 3 aromatic rings. The monoisotopic (exact) mass is 445 g/mol. The molecular formula is C27H31N3OS. The third-order valence-electron chi connectivity index (χ3n) is 6.03. The van der Waals surface area contributed by atoms with Crippen molar-refractivity contribution in [1.82, 2.24) is 5.32 Å². The van der Waals surface area contributed by atoms with Crippen molar-refractivity contribution in [2.45, 2.75) is 46.1 Å². The van der Waals surface area contributed by atoms with E-state index in [1.54, 1.807) is 11.3 Å². The molecule has 5 heteroatoms. The highest BCUT2D eigenvalue weighted by Gasteiger charge is 2.25. The van der Waals surface area contributed by atoms with E-state index in [1.165, 1.54) is 22.5 Å². The zero-order valence-corrected chi connectivity index (χ0v) is 19.8. The topological polar surface area (TPSA) is 44.7 Å². The highest BCUT2D eigenvalue weighted by atomic mass is 32.1. The largest absolute Gasteiger partial charge is 0.372 e. The number of amides is 1. The van der Waals surface area contributed by atoms with Crippen LogP contribution < -0.4 is 10.2 Å². The molecule has 0 radical (unpaired) electrons. The zero-order valence-electron chi connectivity index (χ0n) is 18.9. The van der Waals surface area contributed by atoms with Crippen LogP contribution in [0.4, 0.5) is 10.7 Å². The number of benzene rings is 2. The van der Waals surface area contributed by atoms with Gasteiger partial charge in [-0.15, -0.1) is 11.3 Å². The molecule has 1 aliphatic rings. The summed E-state index contributed by atoms with van der Waals surface area (Å²) in [5.41, 5.74) is 5.35. The molecular weight excluding hydrogens is 414 g/mol. The van der Waals surface area contributed by atoms with E-state index >= 15 is 0 Å². The van der Waals surface area contributed by atoms with Gasteiger partial charge in [-0.05, 0) is 68.4 Å². The third kappa shape index (κ3) is 5.10. The number of aryl methyl sites for hydroxylation is 1. The Hall–Kier alpha value is -2.92. The van der Waals surface area contributed by atoms with Gasteiger partial charge in [-0.25, -0.2) is 4.99 Å². The minimum atomic E-state index is -0.0164. The van der Waals surface area contributed by atoms with Gasteiger partial charge in [0.25, 0.3) is 5.91 Å². The van der Waals surface area contributed by atoms with Crippen molar-refractivity contribution in [2.75, 3.05) is 18.0 Å². The summed E-state index contributed by atoms with van der Waals surface area (Å²) in [6.45, 7) is 6.85. The second kappa shape index (κ2) is 10.6. The second-order valence-corrected chi connectivity index (χ2v) is 9.16. The molecule has 4 rings (SSSR count). The number of rotatable bonds is 8. The van der Waals surface area contributed by atoms with E-state index in [9.17, 15) is 4.79 Å². The van der Waals surface area contributed by atoms with E-state index in [1.807, 2.05) is 36.5 Å². The van der Waals surface area contributed by atoms with Crippen LogP contribution in [0.5, 0.6) is 0 Å². The average Bonchev–Trinajstić information content (AvgIpc) is 3.22. The lowest BCUT2D eigenvalue weighted by Gasteiger charge is -2.20. The molecule has 0 spiro atoms. The molecule has 0 saturated carbocycles. The first kappa shape index (κ1) is 22.3. The van der Waals surface area contributed by atoms with Crippen molar-refractivity contribution in [1.29, 1.82) is 0 Å². The van der Waals surface area contributed by atoms with E-state index in [0.717, 1.165) is 54.0 Å². The highest BCUT2D eigenvalue weighted by molar-refractivity contribution is 7.16. The van der Waals surface area contributed by atoms with Crippen molar-refractivity contribution in [2.24, 2.45) is 4.99 Å². The minimum Gasteiger partial charge on any atom is -0.372 e. The molecule has 166 valence electrons. The minimum absolute atomic E-state index is 0.0164. The maximum atomic E-state index is 13.2. The summed E-state index contributed by atoms with van der Waals surface area (Å²) in [5.74, 6) is -0.0164. The van der Waals surface area contributed by atoms with Gasteiger partial charge in [0, 0.05) is 36.4 Å². The fraction of sp³-hybridized carbons (Fsp3) is 0.333. The van der Waals surface area contributed by atoms with Crippen molar-refractivity contribution in [3.05, 3.63) is 81.7 Å². The number of hydrogen-bond donors (Lipinski definition) is 1. The van der Waals surface area contributed by atoms with Gasteiger partial charge in [0.15, 0.2) is 0 Å². The predicted octanol–water partition coefficient (Wildman–Crippen LogP) is 6.15. The lowest BCUT2D eigenvalue weighted by Crippen LogP contribution is -2.24. The predicted molar refractivity (Wildman–Crippen MR) is 136 cm³/mol. The van der Waals surface area contributed by atoms with Crippen LogP contribution in [0.1, 0.15) is 58.6 Å². The van der Waals surface area contributed by atoms with Crippen LogP contribution >= 0.6 is 11.3 Å². The number of carbonyl (C=O) groups is 1. The standard InChI is InChI=1S/C27H31N3OS/c1-3-30(4-2)22-16-14-21(15-17-22)19-29-27-25(23-12-8-9-13-24(23)32-27)26(31)28-18-20-10-6-5-7-11-20/h5-7,10-11,14-17,19H,3-4,8-9,12-13,18H2,1-2H3,(H,28,31). The van der Waals surface area contributed by atoms with Gasteiger partial charge in [0.05, 0.1) is 5.56 Å². The normalized spacial score (nSPS) is 13.2. The molecule has 0 bridgehead atoms. The van der Waals surface area contributed by atoms with Crippen LogP contribution in [0.3, 0.4) is 0 Å². The van der Waals surface area contributed by atoms with Gasteiger partial charge >= 0.3 is 0 Å². The fourth-order valence-electron chi connectivity index (χ4n) is 4.24. The van der Waals surface area contributed by atoms with Crippen LogP contribution in [0.15, 0.2) is 59.6 Å². The number of aliphatic imine (C=N–C) groups is 1. The van der Waals surface area contributed by atoms with Crippen molar-refractivity contribution < 1.29 is 4.79 Å². The molecule has 1 aliphatic carbocycles. The molecule has 0 unspecified atom stereocenters. The summed E-state index contributed by atoms with van der Waals surface area (Å²) in [7, 11) is 0. The Morgan fingerprint density at radius 1 is 1.03 bits per heavy atom. The summed E-state index contributed by atoms with van der Waals surface area (Å²) >= 11 is 1.68. The molecule has 1 aromatic heterocycles. The molecule has 0 fully saturated rings. The van der Waals surface area contributed by atoms with E-state index in [0.29, 0.717) is 6.54 Å². The van der Waals surface area contributed by atoms with Crippen LogP contribution in [0.25, 0.3) is 0 Å². The average molecular weight is 446 g/mol. The van der Waals surface area contributed by atoms with Gasteiger partial charge < -0.3 is 10.2 Å². The number of nitrogens with zero attached hydrogens (tertiary/aromatic N) is 2. The summed E-state index contributed by atoms with van der Waals surface area (Å²) in [5, 5.41) is 3.94. The van der Waals surface area contributed by atoms with Gasteiger partial charge in [0.1, 0.15) is 5.00 Å². The van der Waals surface area contributed by atoms with E-state index < -0.39 is 0 Å². The Morgan fingerprint density at radius 3 is 2.47 bits per heavy atom. The first-order chi connectivity index (χ1) is 15.7. The maximum Gasteiger partial charge on any atom is 0.254 e. The molecule has 0 saturated heterocycles. The van der Waals surface area contributed by atoms with Crippen LogP contribution in [0.2, 0.25) is 0 Å². The van der Waals surface area contributed by atoms with E-state index in [-0.39, 0.29) is 5.91 Å². The molecule has 0 aliphatic heterocycles. The highest BCUT2D eigenvalue weighted by Crippen LogP contribution is 2.39. The van der Waals surface area contributed by atoms with Crippen LogP contribution in [-0.4, -0.2) is 25.2 Å². The lowest BCUT2D eigenvalue weighted by molar-refractivity contribution is 0.0951. The molecule has 0 atom stereocenters. The van der Waals surface area contributed by atoms with Crippen molar-refractivity contribution in [3.63, 3.8) is 0 Å². The van der Waals surface area contributed by atoms with Gasteiger partial charge in [0.2, 0.25) is 0 Å². The van der Waals surface area contributed by atoms with Crippen LogP contribution in [-0.2, 0) is 19.4 Å². The molecule has 2 aromatic carbocycles. The lowest BCUT2D eigenvalue weighted by atomic mass is 9.95. The Bertz CT molecular complexity index is 1070. The number of fused-ring (bicyclic) bond motifs is 1. The molecule has 32 heavy (non-hydrogen) atoms. The summed E-state index contributed by atoms with van der Waals surface area (Å²) in [6, 6.07) is 18.5. The number of thiophene rings is 1. The third-order valence-corrected chi connectivity index (χ3v) is 7.23. The van der Waals surface area contributed by atoms with Crippen LogP contribution in [0, 0.1) is 0 Å². The first-order valence-electron chi connectivity index (χ1n) is 11.5. The number of nitrogens with one attached hydrogen (secondary N) is 1. The molecule has 1 heterocycles. The Balaban J connectivity index is 1.55. The summed E-state index contributed by atoms with van der Waals surface area (Å²) in [6.07, 6.45) is 6.23. The summed E-state index contributed by atoms with van der Waals surface area (Å²) < 4.78 is 0. The second-order valence-electron chi connectivity index (χ2n) is 8.08. The van der Waals surface area contributed by atoms with Gasteiger partial charge in [-0.3, -0.25) is 4.79 Å². The van der Waals surface area contributed by atoms with Crippen molar-refractivity contribution >= 4 is 34.1 Å². The number of anilines is 1. The Kier molecular flexibility index (Phi) is 7.38. The number of hydrogen-bond acceptors (Lipinski definition) is 4. The van der Waals surface area contributed by atoms with Gasteiger partial charge in [-0.1, -0.05) is 42.5 Å². The smallest absolute Gasteiger partial charge is 0.254 e. The summed E-state index contributed by atoms with van der Waals surface area (Å²) in [4.78, 5) is 21.6. The van der Waals surface area contributed by atoms with Gasteiger partial charge in [-0.2, -0.15) is 0 Å². The van der Waals surface area contributed by atoms with E-state index in [4.69, 9.17) is 4.99 Å². The van der Waals surface area contributed by atoms with E-state index in [2.05, 4.69) is 48.3 Å². The fourth-order valence-corrected chi connectivity index (χ4v) is 5.47. The quantitative estimate of drug-likeness (QED) is 0.422. The molecule has 1 N–H and O–H groups in total. The zero-order chi connectivity index (χ0) is 22.3. The Labute approximate surface area is 195 Å². The molecule has 1 amide bonds.